The monoisotopic (exact) mass is 439 g/mol. The van der Waals surface area contributed by atoms with Crippen LogP contribution in [0.25, 0.3) is 0 Å². The zero-order chi connectivity index (χ0) is 15.5. The van der Waals surface area contributed by atoms with E-state index in [9.17, 15) is 4.79 Å². The molecule has 0 aliphatic rings. The van der Waals surface area contributed by atoms with Crippen LogP contribution in [-0.4, -0.2) is 32.6 Å². The fraction of sp³-hybridized carbons (Fsp3) is 0.467. The van der Waals surface area contributed by atoms with Crippen LogP contribution < -0.4 is 10.6 Å². The van der Waals surface area contributed by atoms with Crippen molar-refractivity contribution in [2.75, 3.05) is 20.7 Å². The van der Waals surface area contributed by atoms with Crippen LogP contribution in [-0.2, 0) is 16.1 Å². The van der Waals surface area contributed by atoms with Gasteiger partial charge < -0.3 is 15.4 Å². The molecular formula is C15H23ClIN3O2. The van der Waals surface area contributed by atoms with Gasteiger partial charge in [-0.05, 0) is 24.5 Å². The third-order valence-corrected chi connectivity index (χ3v) is 3.32. The number of guanidine groups is 1. The van der Waals surface area contributed by atoms with E-state index in [0.29, 0.717) is 18.9 Å². The van der Waals surface area contributed by atoms with Crippen molar-refractivity contribution >= 4 is 47.5 Å². The largest absolute Gasteiger partial charge is 0.469 e. The molecule has 22 heavy (non-hydrogen) atoms. The van der Waals surface area contributed by atoms with E-state index in [4.69, 9.17) is 11.6 Å². The zero-order valence-corrected chi connectivity index (χ0v) is 16.0. The number of hydrogen-bond acceptors (Lipinski definition) is 3. The first kappa shape index (κ1) is 21.0. The lowest BCUT2D eigenvalue weighted by molar-refractivity contribution is -0.140. The number of hydrogen-bond donors (Lipinski definition) is 2. The second-order valence-corrected chi connectivity index (χ2v) is 4.88. The molecule has 1 aromatic rings. The van der Waals surface area contributed by atoms with Crippen LogP contribution in [0.3, 0.4) is 0 Å². The number of rotatable bonds is 7. The predicted molar refractivity (Wildman–Crippen MR) is 101 cm³/mol. The molecule has 124 valence electrons. The first-order chi connectivity index (χ1) is 10.2. The van der Waals surface area contributed by atoms with Crippen LogP contribution in [0.15, 0.2) is 29.3 Å². The molecule has 0 saturated heterocycles. The van der Waals surface area contributed by atoms with Crippen LogP contribution in [0.5, 0.6) is 0 Å². The van der Waals surface area contributed by atoms with E-state index in [1.54, 1.807) is 7.05 Å². The second-order valence-electron chi connectivity index (χ2n) is 4.48. The molecule has 0 saturated carbocycles. The number of carbonyl (C=O) groups excluding carboxylic acids is 1. The van der Waals surface area contributed by atoms with Crippen LogP contribution in [0.1, 0.15) is 24.8 Å². The van der Waals surface area contributed by atoms with Crippen LogP contribution in [0.2, 0.25) is 5.02 Å². The quantitative estimate of drug-likeness (QED) is 0.225. The van der Waals surface area contributed by atoms with Gasteiger partial charge in [0.15, 0.2) is 5.96 Å². The van der Waals surface area contributed by atoms with Crippen molar-refractivity contribution in [2.24, 2.45) is 4.99 Å². The maximum Gasteiger partial charge on any atom is 0.305 e. The third-order valence-electron chi connectivity index (χ3n) is 2.96. The molecule has 0 bridgehead atoms. The summed E-state index contributed by atoms with van der Waals surface area (Å²) in [4.78, 5) is 15.1. The summed E-state index contributed by atoms with van der Waals surface area (Å²) in [6.07, 6.45) is 2.12. The molecule has 1 aromatic carbocycles. The standard InChI is InChI=1S/C15H22ClN3O2.HI/c1-17-15(18-10-6-5-9-14(20)21-2)19-11-12-7-3-4-8-13(12)16;/h3-4,7-8H,5-6,9-11H2,1-2H3,(H2,17,18,19);1H. The Hall–Kier alpha value is -1.02. The lowest BCUT2D eigenvalue weighted by Crippen LogP contribution is -2.37. The number of ether oxygens (including phenoxy) is 1. The summed E-state index contributed by atoms with van der Waals surface area (Å²) < 4.78 is 4.59. The smallest absolute Gasteiger partial charge is 0.305 e. The Bertz CT molecular complexity index is 484. The predicted octanol–water partition coefficient (Wildman–Crippen LogP) is 2.97. The highest BCUT2D eigenvalue weighted by atomic mass is 127. The van der Waals surface area contributed by atoms with Crippen molar-refractivity contribution in [2.45, 2.75) is 25.8 Å². The Morgan fingerprint density at radius 2 is 2.00 bits per heavy atom. The van der Waals surface area contributed by atoms with E-state index in [0.717, 1.165) is 30.0 Å². The number of esters is 1. The average molecular weight is 440 g/mol. The van der Waals surface area contributed by atoms with Gasteiger partial charge >= 0.3 is 5.97 Å². The maximum absolute atomic E-state index is 11.0. The van der Waals surface area contributed by atoms with Crippen LogP contribution >= 0.6 is 35.6 Å². The van der Waals surface area contributed by atoms with Crippen molar-refractivity contribution in [3.05, 3.63) is 34.9 Å². The molecule has 0 amide bonds. The number of carbonyl (C=O) groups is 1. The molecule has 0 atom stereocenters. The van der Waals surface area contributed by atoms with Crippen molar-refractivity contribution < 1.29 is 9.53 Å². The number of nitrogens with zero attached hydrogens (tertiary/aromatic N) is 1. The number of nitrogens with one attached hydrogen (secondary N) is 2. The minimum absolute atomic E-state index is 0. The van der Waals surface area contributed by atoms with Crippen molar-refractivity contribution in [1.82, 2.24) is 10.6 Å². The highest BCUT2D eigenvalue weighted by Crippen LogP contribution is 2.14. The Labute approximate surface area is 153 Å². The van der Waals surface area contributed by atoms with E-state index >= 15 is 0 Å². The fourth-order valence-corrected chi connectivity index (χ4v) is 1.95. The van der Waals surface area contributed by atoms with Crippen molar-refractivity contribution in [3.63, 3.8) is 0 Å². The lowest BCUT2D eigenvalue weighted by atomic mass is 10.2. The Morgan fingerprint density at radius 1 is 1.27 bits per heavy atom. The van der Waals surface area contributed by atoms with E-state index in [1.807, 2.05) is 24.3 Å². The summed E-state index contributed by atoms with van der Waals surface area (Å²) in [5, 5.41) is 7.13. The number of halogens is 2. The summed E-state index contributed by atoms with van der Waals surface area (Å²) in [5.41, 5.74) is 1.02. The number of unbranched alkanes of at least 4 members (excludes halogenated alkanes) is 1. The Morgan fingerprint density at radius 3 is 2.64 bits per heavy atom. The van der Waals surface area contributed by atoms with Crippen molar-refractivity contribution in [3.8, 4) is 0 Å². The molecule has 2 N–H and O–H groups in total. The Balaban J connectivity index is 0.00000441. The first-order valence-corrected chi connectivity index (χ1v) is 7.30. The van der Waals surface area contributed by atoms with E-state index in [-0.39, 0.29) is 29.9 Å². The molecule has 0 aliphatic heterocycles. The SMILES string of the molecule is CN=C(NCCCCC(=O)OC)NCc1ccccc1Cl.I. The van der Waals surface area contributed by atoms with Crippen LogP contribution in [0, 0.1) is 0 Å². The van der Waals surface area contributed by atoms with Gasteiger partial charge in [0.2, 0.25) is 0 Å². The number of benzene rings is 1. The van der Waals surface area contributed by atoms with Gasteiger partial charge in [-0.3, -0.25) is 9.79 Å². The molecule has 1 rings (SSSR count). The average Bonchev–Trinajstić information content (AvgIpc) is 2.51. The molecule has 0 aromatic heterocycles. The van der Waals surface area contributed by atoms with Gasteiger partial charge in [-0.2, -0.15) is 0 Å². The normalized spacial score (nSPS) is 10.6. The molecule has 0 spiro atoms. The van der Waals surface area contributed by atoms with Gasteiger partial charge in [0, 0.05) is 31.6 Å². The van der Waals surface area contributed by atoms with Gasteiger partial charge in [0.1, 0.15) is 0 Å². The first-order valence-electron chi connectivity index (χ1n) is 6.92. The van der Waals surface area contributed by atoms with Crippen LogP contribution in [0.4, 0.5) is 0 Å². The van der Waals surface area contributed by atoms with Gasteiger partial charge in [0.25, 0.3) is 0 Å². The molecular weight excluding hydrogens is 417 g/mol. The van der Waals surface area contributed by atoms with E-state index < -0.39 is 0 Å². The summed E-state index contributed by atoms with van der Waals surface area (Å²) in [7, 11) is 3.12. The van der Waals surface area contributed by atoms with Crippen molar-refractivity contribution in [1.29, 1.82) is 0 Å². The minimum atomic E-state index is -0.170. The van der Waals surface area contributed by atoms with Gasteiger partial charge in [-0.25, -0.2) is 0 Å². The highest BCUT2D eigenvalue weighted by Gasteiger charge is 2.02. The molecule has 0 fully saturated rings. The molecule has 5 nitrogen and oxygen atoms in total. The van der Waals surface area contributed by atoms with Gasteiger partial charge in [-0.1, -0.05) is 29.8 Å². The summed E-state index contributed by atoms with van der Waals surface area (Å²) in [5.74, 6) is 0.546. The van der Waals surface area contributed by atoms with Gasteiger partial charge in [-0.15, -0.1) is 24.0 Å². The maximum atomic E-state index is 11.0. The molecule has 0 heterocycles. The summed E-state index contributed by atoms with van der Waals surface area (Å²) in [6.45, 7) is 1.36. The second kappa shape index (κ2) is 12.5. The summed E-state index contributed by atoms with van der Waals surface area (Å²) >= 11 is 6.10. The minimum Gasteiger partial charge on any atom is -0.469 e. The molecule has 0 radical (unpaired) electrons. The molecule has 7 heteroatoms. The molecule has 0 unspecified atom stereocenters. The lowest BCUT2D eigenvalue weighted by Gasteiger charge is -2.12. The summed E-state index contributed by atoms with van der Waals surface area (Å²) in [6, 6.07) is 7.69. The zero-order valence-electron chi connectivity index (χ0n) is 12.9. The number of methoxy groups -OCH3 is 1. The number of aliphatic imine (C=N–C) groups is 1. The Kier molecular flexibility index (Phi) is 11.9. The third kappa shape index (κ3) is 8.43. The fourth-order valence-electron chi connectivity index (χ4n) is 1.74. The van der Waals surface area contributed by atoms with E-state index in [1.165, 1.54) is 7.11 Å². The molecule has 0 aliphatic carbocycles. The van der Waals surface area contributed by atoms with E-state index in [2.05, 4.69) is 20.4 Å². The van der Waals surface area contributed by atoms with Gasteiger partial charge in [0.05, 0.1) is 7.11 Å². The topological polar surface area (TPSA) is 62.7 Å². The highest BCUT2D eigenvalue weighted by molar-refractivity contribution is 14.0.